The van der Waals surface area contributed by atoms with Crippen molar-refractivity contribution in [1.82, 2.24) is 20.1 Å². The lowest BCUT2D eigenvalue weighted by Gasteiger charge is -2.43. The van der Waals surface area contributed by atoms with E-state index in [0.29, 0.717) is 33.2 Å². The van der Waals surface area contributed by atoms with Crippen LogP contribution in [0, 0.1) is 0 Å². The highest BCUT2D eigenvalue weighted by atomic mass is 35.5. The third kappa shape index (κ3) is 7.57. The minimum Gasteiger partial charge on any atom is -0.353 e. The number of carbonyl (C=O) groups is 1. The van der Waals surface area contributed by atoms with Gasteiger partial charge in [-0.15, -0.1) is 0 Å². The number of piperazine rings is 1. The second kappa shape index (κ2) is 13.1. The van der Waals surface area contributed by atoms with Gasteiger partial charge in [0, 0.05) is 68.0 Å². The Labute approximate surface area is 251 Å². The molecule has 0 radical (unpaired) electrons. The van der Waals surface area contributed by atoms with Gasteiger partial charge in [-0.1, -0.05) is 58.5 Å². The first-order valence-electron chi connectivity index (χ1n) is 13.2. The van der Waals surface area contributed by atoms with Crippen LogP contribution in [0.1, 0.15) is 35.8 Å². The number of carbonyl (C=O) groups excluding carboxylic acids is 1. The average molecular weight is 609 g/mol. The lowest BCUT2D eigenvalue weighted by Crippen LogP contribution is -2.53. The van der Waals surface area contributed by atoms with Crippen molar-refractivity contribution in [3.05, 3.63) is 91.5 Å². The van der Waals surface area contributed by atoms with E-state index >= 15 is 0 Å². The van der Waals surface area contributed by atoms with Gasteiger partial charge in [0.15, 0.2) is 0 Å². The number of hydrogen-bond acceptors (Lipinski definition) is 5. The molecule has 3 heterocycles. The lowest BCUT2D eigenvalue weighted by molar-refractivity contribution is 0.0950. The van der Waals surface area contributed by atoms with Crippen molar-refractivity contribution in [3.63, 3.8) is 0 Å². The number of pyridine rings is 1. The number of anilines is 1. The van der Waals surface area contributed by atoms with E-state index < -0.39 is 0 Å². The van der Waals surface area contributed by atoms with Crippen LogP contribution in [0.5, 0.6) is 0 Å². The van der Waals surface area contributed by atoms with Crippen LogP contribution in [0.25, 0.3) is 0 Å². The molecule has 10 heteroatoms. The third-order valence-electron chi connectivity index (χ3n) is 7.47. The smallest absolute Gasteiger partial charge is 0.253 e. The molecule has 0 unspecified atom stereocenters. The zero-order chi connectivity index (χ0) is 27.4. The van der Waals surface area contributed by atoms with Gasteiger partial charge in [0.25, 0.3) is 5.91 Å². The summed E-state index contributed by atoms with van der Waals surface area (Å²) in [5.74, 6) is 0.478. The summed E-state index contributed by atoms with van der Waals surface area (Å²) in [5, 5.41) is 5.20. The van der Waals surface area contributed by atoms with Crippen LogP contribution in [0.3, 0.4) is 0 Å². The fourth-order valence-electron chi connectivity index (χ4n) is 5.37. The van der Waals surface area contributed by atoms with Crippen molar-refractivity contribution in [2.45, 2.75) is 32.0 Å². The fourth-order valence-corrected chi connectivity index (χ4v) is 6.36. The molecule has 1 amide bonds. The second-order valence-corrected chi connectivity index (χ2v) is 11.9. The van der Waals surface area contributed by atoms with E-state index in [1.165, 1.54) is 18.4 Å². The maximum absolute atomic E-state index is 12.7. The summed E-state index contributed by atoms with van der Waals surface area (Å²) in [6, 6.07) is 15.7. The molecule has 6 nitrogen and oxygen atoms in total. The highest BCUT2D eigenvalue weighted by Crippen LogP contribution is 2.27. The largest absolute Gasteiger partial charge is 0.353 e. The van der Waals surface area contributed by atoms with Crippen LogP contribution >= 0.6 is 46.4 Å². The molecule has 2 fully saturated rings. The highest BCUT2D eigenvalue weighted by molar-refractivity contribution is 6.34. The van der Waals surface area contributed by atoms with E-state index in [-0.39, 0.29) is 7.33 Å². The average Bonchev–Trinajstić information content (AvgIpc) is 2.93. The minimum atomic E-state index is -0.251. The summed E-state index contributed by atoms with van der Waals surface area (Å²) in [5.41, 5.74) is 2.55. The minimum absolute atomic E-state index is 0. The number of rotatable bonds is 7. The van der Waals surface area contributed by atoms with Gasteiger partial charge in [-0.25, -0.2) is 4.98 Å². The second-order valence-electron chi connectivity index (χ2n) is 10.1. The topological polar surface area (TPSA) is 51.7 Å². The summed E-state index contributed by atoms with van der Waals surface area (Å²) in [6.07, 6.45) is 3.94. The SMILES string of the molecule is O=C(NCc1cc(Cl)cc(Cl)c1)c1cnc(N2CCN(C3CCN(Cc4ccc(Cl)cc4)CC3)CC2)c(Cl)c1.[HH]. The molecule has 0 atom stereocenters. The van der Waals surface area contributed by atoms with Crippen molar-refractivity contribution in [3.8, 4) is 0 Å². The molecule has 2 saturated heterocycles. The molecule has 5 rings (SSSR count). The van der Waals surface area contributed by atoms with Crippen LogP contribution < -0.4 is 10.2 Å². The van der Waals surface area contributed by atoms with Crippen molar-refractivity contribution < 1.29 is 6.22 Å². The Bertz CT molecular complexity index is 1280. The first-order valence-corrected chi connectivity index (χ1v) is 14.7. The molecule has 1 N–H and O–H groups in total. The molecule has 1 aromatic heterocycles. The predicted octanol–water partition coefficient (Wildman–Crippen LogP) is 6.66. The molecular weight excluding hydrogens is 576 g/mol. The van der Waals surface area contributed by atoms with Crippen molar-refractivity contribution in [2.24, 2.45) is 0 Å². The van der Waals surface area contributed by atoms with Gasteiger partial charge in [-0.3, -0.25) is 14.6 Å². The van der Waals surface area contributed by atoms with Crippen LogP contribution in [0.4, 0.5) is 5.82 Å². The number of likely N-dealkylation sites (tertiary alicyclic amines) is 1. The quantitative estimate of drug-likeness (QED) is 0.325. The van der Waals surface area contributed by atoms with E-state index in [9.17, 15) is 4.79 Å². The molecule has 0 spiro atoms. The Kier molecular flexibility index (Phi) is 9.54. The van der Waals surface area contributed by atoms with E-state index in [1.807, 2.05) is 12.1 Å². The first-order chi connectivity index (χ1) is 18.8. The zero-order valence-electron chi connectivity index (χ0n) is 21.6. The number of hydrogen-bond donors (Lipinski definition) is 1. The zero-order valence-corrected chi connectivity index (χ0v) is 24.6. The number of benzene rings is 2. The molecule has 3 aromatic rings. The number of aromatic nitrogens is 1. The Hall–Kier alpha value is -2.06. The van der Waals surface area contributed by atoms with Crippen molar-refractivity contribution in [1.29, 1.82) is 0 Å². The Balaban J connectivity index is 0.00000370. The molecule has 2 aromatic carbocycles. The monoisotopic (exact) mass is 607 g/mol. The fraction of sp³-hybridized carbons (Fsp3) is 0.379. The molecule has 39 heavy (non-hydrogen) atoms. The van der Waals surface area contributed by atoms with Crippen LogP contribution in [0.15, 0.2) is 54.7 Å². The van der Waals surface area contributed by atoms with Gasteiger partial charge in [0.1, 0.15) is 5.82 Å². The number of piperidine rings is 1. The van der Waals surface area contributed by atoms with Gasteiger partial charge in [0.2, 0.25) is 0 Å². The molecular formula is C29H33Cl4N5O. The summed E-state index contributed by atoms with van der Waals surface area (Å²) < 4.78 is 0. The normalized spacial score (nSPS) is 17.4. The van der Waals surface area contributed by atoms with Crippen molar-refractivity contribution >= 4 is 58.1 Å². The van der Waals surface area contributed by atoms with Crippen LogP contribution in [-0.2, 0) is 13.1 Å². The molecule has 0 aliphatic carbocycles. The summed E-state index contributed by atoms with van der Waals surface area (Å²) in [6.45, 7) is 7.17. The summed E-state index contributed by atoms with van der Waals surface area (Å²) >= 11 is 24.7. The molecule has 208 valence electrons. The van der Waals surface area contributed by atoms with Gasteiger partial charge in [-0.2, -0.15) is 0 Å². The predicted molar refractivity (Wildman–Crippen MR) is 163 cm³/mol. The highest BCUT2D eigenvalue weighted by Gasteiger charge is 2.28. The maximum Gasteiger partial charge on any atom is 0.253 e. The van der Waals surface area contributed by atoms with Gasteiger partial charge in [-0.05, 0) is 73.5 Å². The Morgan fingerprint density at radius 2 is 1.51 bits per heavy atom. The van der Waals surface area contributed by atoms with E-state index in [2.05, 4.69) is 37.1 Å². The Morgan fingerprint density at radius 1 is 0.846 bits per heavy atom. The number of amides is 1. The standard InChI is InChI=1S/C29H31Cl4N5O.H2/c30-23-3-1-20(2-4-23)19-36-7-5-26(6-8-36)37-9-11-38(12-10-37)28-27(33)15-22(18-34-28)29(39)35-17-21-13-24(31)16-25(32)14-21;/h1-4,13-16,18,26H,5-12,17,19H2,(H,35,39);1H. The third-order valence-corrected chi connectivity index (χ3v) is 8.43. The Morgan fingerprint density at radius 3 is 2.15 bits per heavy atom. The number of halogens is 4. The van der Waals surface area contributed by atoms with Crippen molar-refractivity contribution in [2.75, 3.05) is 44.2 Å². The first kappa shape index (κ1) is 28.5. The van der Waals surface area contributed by atoms with Crippen LogP contribution in [0.2, 0.25) is 20.1 Å². The molecule has 0 bridgehead atoms. The van der Waals surface area contributed by atoms with Crippen LogP contribution in [-0.4, -0.2) is 66.0 Å². The van der Waals surface area contributed by atoms with Gasteiger partial charge >= 0.3 is 0 Å². The maximum atomic E-state index is 12.7. The van der Waals surface area contributed by atoms with E-state index in [1.54, 1.807) is 30.5 Å². The number of nitrogens with one attached hydrogen (secondary N) is 1. The van der Waals surface area contributed by atoms with Gasteiger partial charge in [0.05, 0.1) is 10.6 Å². The molecule has 0 saturated carbocycles. The molecule has 2 aliphatic rings. The summed E-state index contributed by atoms with van der Waals surface area (Å²) in [7, 11) is 0. The van der Waals surface area contributed by atoms with E-state index in [4.69, 9.17) is 46.4 Å². The van der Waals surface area contributed by atoms with E-state index in [0.717, 1.165) is 62.2 Å². The molecule has 2 aliphatic heterocycles. The number of nitrogens with zero attached hydrogens (tertiary/aromatic N) is 4. The summed E-state index contributed by atoms with van der Waals surface area (Å²) in [4.78, 5) is 24.6. The lowest BCUT2D eigenvalue weighted by atomic mass is 10.0. The van der Waals surface area contributed by atoms with Gasteiger partial charge < -0.3 is 10.2 Å².